The van der Waals surface area contributed by atoms with Crippen LogP contribution in [0.1, 0.15) is 48.0 Å². The second-order valence-corrected chi connectivity index (χ2v) is 6.02. The number of nitrogens with one attached hydrogen (secondary N) is 1. The van der Waals surface area contributed by atoms with Gasteiger partial charge in [0.25, 0.3) is 5.91 Å². The van der Waals surface area contributed by atoms with E-state index in [-0.39, 0.29) is 18.6 Å². The number of hydrogen-bond donors (Lipinski definition) is 2. The van der Waals surface area contributed by atoms with Crippen molar-refractivity contribution in [2.24, 2.45) is 0 Å². The number of nitrogens with zero attached hydrogens (tertiary/aromatic N) is 1. The minimum atomic E-state index is 0.147. The molecular weight excluding hydrogens is 264 g/mol. The molecule has 4 heteroatoms. The smallest absolute Gasteiger partial charge is 0.254 e. The van der Waals surface area contributed by atoms with Gasteiger partial charge in [0, 0.05) is 37.0 Å². The minimum Gasteiger partial charge on any atom is -0.396 e. The molecule has 0 aliphatic carbocycles. The molecule has 2 N–H and O–H groups in total. The zero-order valence-electron chi connectivity index (χ0n) is 12.5. The number of amides is 1. The molecule has 0 aromatic heterocycles. The first kappa shape index (κ1) is 14.4. The SMILES string of the molecule is O=C(c1cccc2c1CCCN2)N1CCCCC1CCO. The molecule has 1 aromatic carbocycles. The van der Waals surface area contributed by atoms with Gasteiger partial charge in [-0.15, -0.1) is 0 Å². The van der Waals surface area contributed by atoms with Gasteiger partial charge in [0.2, 0.25) is 0 Å². The van der Waals surface area contributed by atoms with Crippen LogP contribution >= 0.6 is 0 Å². The Morgan fingerprint density at radius 2 is 2.24 bits per heavy atom. The molecule has 0 spiro atoms. The average molecular weight is 288 g/mol. The Bertz CT molecular complexity index is 514. The fourth-order valence-electron chi connectivity index (χ4n) is 3.58. The van der Waals surface area contributed by atoms with Gasteiger partial charge in [-0.25, -0.2) is 0 Å². The van der Waals surface area contributed by atoms with Crippen molar-refractivity contribution in [3.63, 3.8) is 0 Å². The molecule has 114 valence electrons. The lowest BCUT2D eigenvalue weighted by Gasteiger charge is -2.36. The molecule has 1 amide bonds. The fourth-order valence-corrected chi connectivity index (χ4v) is 3.58. The standard InChI is InChI=1S/C17H24N2O2/c20-12-9-13-5-1-2-11-19(13)17(21)15-6-3-8-16-14(15)7-4-10-18-16/h3,6,8,13,18,20H,1-2,4-5,7,9-12H2. The Balaban J connectivity index is 1.87. The van der Waals surface area contributed by atoms with Gasteiger partial charge in [-0.3, -0.25) is 4.79 Å². The zero-order chi connectivity index (χ0) is 14.7. The van der Waals surface area contributed by atoms with Gasteiger partial charge < -0.3 is 15.3 Å². The van der Waals surface area contributed by atoms with Crippen LogP contribution in [0.5, 0.6) is 0 Å². The maximum absolute atomic E-state index is 13.0. The van der Waals surface area contributed by atoms with Crippen LogP contribution in [0, 0.1) is 0 Å². The van der Waals surface area contributed by atoms with E-state index in [9.17, 15) is 9.90 Å². The molecule has 2 aliphatic heterocycles. The molecule has 1 saturated heterocycles. The maximum atomic E-state index is 13.0. The summed E-state index contributed by atoms with van der Waals surface area (Å²) in [5.41, 5.74) is 3.13. The first-order valence-corrected chi connectivity index (χ1v) is 8.09. The Hall–Kier alpha value is -1.55. The molecular formula is C17H24N2O2. The molecule has 1 fully saturated rings. The lowest BCUT2D eigenvalue weighted by molar-refractivity contribution is 0.0573. The highest BCUT2D eigenvalue weighted by Crippen LogP contribution is 2.28. The summed E-state index contributed by atoms with van der Waals surface area (Å²) in [7, 11) is 0. The van der Waals surface area contributed by atoms with Crippen molar-refractivity contribution in [1.29, 1.82) is 0 Å². The maximum Gasteiger partial charge on any atom is 0.254 e. The number of piperidine rings is 1. The molecule has 0 bridgehead atoms. The van der Waals surface area contributed by atoms with Gasteiger partial charge >= 0.3 is 0 Å². The van der Waals surface area contributed by atoms with Crippen molar-refractivity contribution in [3.05, 3.63) is 29.3 Å². The first-order chi connectivity index (χ1) is 10.3. The molecule has 21 heavy (non-hydrogen) atoms. The van der Waals surface area contributed by atoms with Crippen LogP contribution in [0.25, 0.3) is 0 Å². The first-order valence-electron chi connectivity index (χ1n) is 8.09. The number of fused-ring (bicyclic) bond motifs is 1. The van der Waals surface area contributed by atoms with Crippen molar-refractivity contribution in [1.82, 2.24) is 4.90 Å². The zero-order valence-corrected chi connectivity index (χ0v) is 12.5. The molecule has 0 saturated carbocycles. The number of aliphatic hydroxyl groups excluding tert-OH is 1. The largest absolute Gasteiger partial charge is 0.396 e. The van der Waals surface area contributed by atoms with E-state index in [1.807, 2.05) is 17.0 Å². The molecule has 3 rings (SSSR count). The highest BCUT2D eigenvalue weighted by Gasteiger charge is 2.29. The summed E-state index contributed by atoms with van der Waals surface area (Å²) in [6.07, 6.45) is 5.99. The number of carbonyl (C=O) groups excluding carboxylic acids is 1. The number of anilines is 1. The Morgan fingerprint density at radius 3 is 3.10 bits per heavy atom. The van der Waals surface area contributed by atoms with E-state index in [0.717, 1.165) is 56.4 Å². The Morgan fingerprint density at radius 1 is 1.33 bits per heavy atom. The summed E-state index contributed by atoms with van der Waals surface area (Å²) in [5.74, 6) is 0.147. The molecule has 2 heterocycles. The van der Waals surface area contributed by atoms with E-state index >= 15 is 0 Å². The van der Waals surface area contributed by atoms with E-state index in [1.165, 1.54) is 5.56 Å². The van der Waals surface area contributed by atoms with Crippen LogP contribution in [0.2, 0.25) is 0 Å². The second-order valence-electron chi connectivity index (χ2n) is 6.02. The van der Waals surface area contributed by atoms with E-state index < -0.39 is 0 Å². The monoisotopic (exact) mass is 288 g/mol. The third-order valence-corrected chi connectivity index (χ3v) is 4.68. The molecule has 1 atom stereocenters. The van der Waals surface area contributed by atoms with Crippen molar-refractivity contribution in [2.45, 2.75) is 44.6 Å². The summed E-state index contributed by atoms with van der Waals surface area (Å²) in [5, 5.41) is 12.6. The van der Waals surface area contributed by atoms with Crippen molar-refractivity contribution < 1.29 is 9.90 Å². The Labute approximate surface area is 126 Å². The van der Waals surface area contributed by atoms with Gasteiger partial charge in [0.05, 0.1) is 0 Å². The predicted octanol–water partition coefficient (Wildman–Crippen LogP) is 2.42. The topological polar surface area (TPSA) is 52.6 Å². The summed E-state index contributed by atoms with van der Waals surface area (Å²) in [6, 6.07) is 6.18. The number of hydrogen-bond acceptors (Lipinski definition) is 3. The van der Waals surface area contributed by atoms with Gasteiger partial charge in [-0.1, -0.05) is 6.07 Å². The number of benzene rings is 1. The van der Waals surface area contributed by atoms with Gasteiger partial charge in [0.1, 0.15) is 0 Å². The van der Waals surface area contributed by atoms with Crippen molar-refractivity contribution >= 4 is 11.6 Å². The average Bonchev–Trinajstić information content (AvgIpc) is 2.54. The second kappa shape index (κ2) is 6.48. The predicted molar refractivity (Wildman–Crippen MR) is 83.6 cm³/mol. The van der Waals surface area contributed by atoms with Crippen LogP contribution in [-0.4, -0.2) is 41.7 Å². The molecule has 2 aliphatic rings. The summed E-state index contributed by atoms with van der Waals surface area (Å²) in [6.45, 7) is 1.96. The van der Waals surface area contributed by atoms with E-state index in [0.29, 0.717) is 6.42 Å². The van der Waals surface area contributed by atoms with Crippen LogP contribution in [0.3, 0.4) is 0 Å². The van der Waals surface area contributed by atoms with Gasteiger partial charge in [-0.05, 0) is 56.2 Å². The highest BCUT2D eigenvalue weighted by atomic mass is 16.3. The highest BCUT2D eigenvalue weighted by molar-refractivity contribution is 5.97. The molecule has 1 aromatic rings. The molecule has 4 nitrogen and oxygen atoms in total. The van der Waals surface area contributed by atoms with Crippen LogP contribution < -0.4 is 5.32 Å². The quantitative estimate of drug-likeness (QED) is 0.898. The fraction of sp³-hybridized carbons (Fsp3) is 0.588. The van der Waals surface area contributed by atoms with Crippen LogP contribution in [-0.2, 0) is 6.42 Å². The minimum absolute atomic E-state index is 0.147. The van der Waals surface area contributed by atoms with Crippen LogP contribution in [0.4, 0.5) is 5.69 Å². The van der Waals surface area contributed by atoms with Gasteiger partial charge in [-0.2, -0.15) is 0 Å². The van der Waals surface area contributed by atoms with Gasteiger partial charge in [0.15, 0.2) is 0 Å². The third kappa shape index (κ3) is 2.91. The van der Waals surface area contributed by atoms with E-state index in [4.69, 9.17) is 0 Å². The summed E-state index contributed by atoms with van der Waals surface area (Å²) < 4.78 is 0. The lowest BCUT2D eigenvalue weighted by atomic mass is 9.94. The van der Waals surface area contributed by atoms with Crippen molar-refractivity contribution in [2.75, 3.05) is 25.0 Å². The van der Waals surface area contributed by atoms with E-state index in [2.05, 4.69) is 11.4 Å². The van der Waals surface area contributed by atoms with Crippen LogP contribution in [0.15, 0.2) is 18.2 Å². The third-order valence-electron chi connectivity index (χ3n) is 4.68. The normalized spacial score (nSPS) is 21.6. The number of likely N-dealkylation sites (tertiary alicyclic amines) is 1. The van der Waals surface area contributed by atoms with Crippen molar-refractivity contribution in [3.8, 4) is 0 Å². The molecule has 0 radical (unpaired) electrons. The summed E-state index contributed by atoms with van der Waals surface area (Å²) >= 11 is 0. The number of aliphatic hydroxyl groups is 1. The number of rotatable bonds is 3. The Kier molecular flexibility index (Phi) is 4.44. The van der Waals surface area contributed by atoms with E-state index in [1.54, 1.807) is 0 Å². The summed E-state index contributed by atoms with van der Waals surface area (Å²) in [4.78, 5) is 15.0. The molecule has 1 unspecified atom stereocenters. The number of carbonyl (C=O) groups is 1. The lowest BCUT2D eigenvalue weighted by Crippen LogP contribution is -2.44.